The summed E-state index contributed by atoms with van der Waals surface area (Å²) in [5.41, 5.74) is 1.06. The molecular formula is C12H18ClNO. The normalized spacial score (nSPS) is 11.5. The second kappa shape index (κ2) is 4.86. The maximum absolute atomic E-state index is 8.99. The van der Waals surface area contributed by atoms with Gasteiger partial charge < -0.3 is 10.0 Å². The van der Waals surface area contributed by atoms with Gasteiger partial charge in [-0.15, -0.1) is 0 Å². The summed E-state index contributed by atoms with van der Waals surface area (Å²) in [4.78, 5) is 2.15. The maximum Gasteiger partial charge on any atom is 0.0453 e. The first-order chi connectivity index (χ1) is 6.97. The fraction of sp³-hybridized carbons (Fsp3) is 0.500. The van der Waals surface area contributed by atoms with Crippen molar-refractivity contribution >= 4 is 17.3 Å². The van der Waals surface area contributed by atoms with Crippen molar-refractivity contribution in [2.24, 2.45) is 0 Å². The minimum absolute atomic E-state index is 0.0530. The van der Waals surface area contributed by atoms with Gasteiger partial charge in [-0.3, -0.25) is 0 Å². The Hall–Kier alpha value is -0.730. The van der Waals surface area contributed by atoms with Crippen LogP contribution in [0.4, 0.5) is 5.69 Å². The molecule has 0 amide bonds. The van der Waals surface area contributed by atoms with Crippen LogP contribution in [0.1, 0.15) is 20.3 Å². The fourth-order valence-electron chi connectivity index (χ4n) is 1.46. The molecule has 0 saturated heterocycles. The van der Waals surface area contributed by atoms with Crippen molar-refractivity contribution in [1.82, 2.24) is 0 Å². The lowest BCUT2D eigenvalue weighted by Gasteiger charge is -2.37. The molecule has 0 bridgehead atoms. The summed E-state index contributed by atoms with van der Waals surface area (Å²) in [6.07, 6.45) is 0.742. The lowest BCUT2D eigenvalue weighted by molar-refractivity contribution is 0.250. The molecule has 0 aliphatic rings. The highest BCUT2D eigenvalue weighted by Gasteiger charge is 2.22. The van der Waals surface area contributed by atoms with Crippen LogP contribution < -0.4 is 4.90 Å². The summed E-state index contributed by atoms with van der Waals surface area (Å²) in [5, 5.41) is 9.74. The van der Waals surface area contributed by atoms with Crippen LogP contribution in [0.15, 0.2) is 24.3 Å². The predicted molar refractivity (Wildman–Crippen MR) is 65.6 cm³/mol. The Labute approximate surface area is 96.5 Å². The molecule has 1 aromatic carbocycles. The molecule has 2 nitrogen and oxygen atoms in total. The van der Waals surface area contributed by atoms with Gasteiger partial charge in [-0.05, 0) is 44.5 Å². The smallest absolute Gasteiger partial charge is 0.0453 e. The van der Waals surface area contributed by atoms with Gasteiger partial charge in [0.1, 0.15) is 0 Å². The molecule has 0 aliphatic heterocycles. The summed E-state index contributed by atoms with van der Waals surface area (Å²) in [5.74, 6) is 0. The van der Waals surface area contributed by atoms with Gasteiger partial charge >= 0.3 is 0 Å². The Morgan fingerprint density at radius 2 is 1.80 bits per heavy atom. The molecule has 3 heteroatoms. The fourth-order valence-corrected chi connectivity index (χ4v) is 1.58. The highest BCUT2D eigenvalue weighted by molar-refractivity contribution is 6.30. The molecule has 1 aromatic rings. The summed E-state index contributed by atoms with van der Waals surface area (Å²) in [6.45, 7) is 4.42. The van der Waals surface area contributed by atoms with E-state index in [0.29, 0.717) is 0 Å². The topological polar surface area (TPSA) is 23.5 Å². The zero-order chi connectivity index (χ0) is 11.5. The van der Waals surface area contributed by atoms with Gasteiger partial charge in [-0.1, -0.05) is 11.6 Å². The maximum atomic E-state index is 8.99. The molecule has 0 heterocycles. The van der Waals surface area contributed by atoms with Crippen LogP contribution >= 0.6 is 11.6 Å². The lowest BCUT2D eigenvalue weighted by atomic mass is 9.98. The molecule has 15 heavy (non-hydrogen) atoms. The monoisotopic (exact) mass is 227 g/mol. The average Bonchev–Trinajstić information content (AvgIpc) is 2.18. The van der Waals surface area contributed by atoms with Crippen molar-refractivity contribution in [3.8, 4) is 0 Å². The Kier molecular flexibility index (Phi) is 4.00. The number of aliphatic hydroxyl groups excluding tert-OH is 1. The second-order valence-electron chi connectivity index (χ2n) is 4.32. The molecule has 1 N–H and O–H groups in total. The minimum Gasteiger partial charge on any atom is -0.396 e. The highest BCUT2D eigenvalue weighted by atomic mass is 35.5. The molecule has 1 rings (SSSR count). The Bertz CT molecular complexity index is 308. The van der Waals surface area contributed by atoms with Crippen molar-refractivity contribution < 1.29 is 5.11 Å². The first kappa shape index (κ1) is 12.3. The number of rotatable bonds is 4. The Balaban J connectivity index is 2.84. The molecule has 0 spiro atoms. The number of anilines is 1. The van der Waals surface area contributed by atoms with Crippen molar-refractivity contribution in [3.05, 3.63) is 29.3 Å². The van der Waals surface area contributed by atoms with Crippen LogP contribution in [0.5, 0.6) is 0 Å². The van der Waals surface area contributed by atoms with E-state index in [1.807, 2.05) is 31.3 Å². The zero-order valence-corrected chi connectivity index (χ0v) is 10.3. The van der Waals surface area contributed by atoms with Crippen molar-refractivity contribution in [3.63, 3.8) is 0 Å². The van der Waals surface area contributed by atoms with Crippen molar-refractivity contribution in [1.29, 1.82) is 0 Å². The van der Waals surface area contributed by atoms with Gasteiger partial charge in [-0.25, -0.2) is 0 Å². The van der Waals surface area contributed by atoms with E-state index in [2.05, 4.69) is 18.7 Å². The number of benzene rings is 1. The Morgan fingerprint density at radius 1 is 1.27 bits per heavy atom. The minimum atomic E-state index is -0.0530. The van der Waals surface area contributed by atoms with E-state index in [0.717, 1.165) is 17.1 Å². The molecule has 84 valence electrons. The quantitative estimate of drug-likeness (QED) is 0.855. The van der Waals surface area contributed by atoms with E-state index < -0.39 is 0 Å². The summed E-state index contributed by atoms with van der Waals surface area (Å²) in [7, 11) is 2.03. The number of nitrogens with zero attached hydrogens (tertiary/aromatic N) is 1. The van der Waals surface area contributed by atoms with Crippen LogP contribution in [0.3, 0.4) is 0 Å². The number of hydrogen-bond acceptors (Lipinski definition) is 2. The third-order valence-electron chi connectivity index (χ3n) is 2.85. The summed E-state index contributed by atoms with van der Waals surface area (Å²) in [6, 6.07) is 7.73. The molecule has 0 saturated carbocycles. The van der Waals surface area contributed by atoms with Crippen LogP contribution in [0.2, 0.25) is 5.02 Å². The highest BCUT2D eigenvalue weighted by Crippen LogP contribution is 2.25. The third-order valence-corrected chi connectivity index (χ3v) is 3.10. The second-order valence-corrected chi connectivity index (χ2v) is 4.76. The van der Waals surface area contributed by atoms with E-state index in [-0.39, 0.29) is 12.1 Å². The van der Waals surface area contributed by atoms with Crippen molar-refractivity contribution in [2.75, 3.05) is 18.6 Å². The summed E-state index contributed by atoms with van der Waals surface area (Å²) < 4.78 is 0. The lowest BCUT2D eigenvalue weighted by Crippen LogP contribution is -2.41. The largest absolute Gasteiger partial charge is 0.396 e. The molecule has 0 fully saturated rings. The van der Waals surface area contributed by atoms with Gasteiger partial charge in [-0.2, -0.15) is 0 Å². The predicted octanol–water partition coefficient (Wildman–Crippen LogP) is 2.94. The van der Waals surface area contributed by atoms with E-state index in [1.165, 1.54) is 0 Å². The molecule has 0 atom stereocenters. The molecular weight excluding hydrogens is 210 g/mol. The molecule has 0 aromatic heterocycles. The third kappa shape index (κ3) is 3.11. The number of halogens is 1. The van der Waals surface area contributed by atoms with Gasteiger partial charge in [0.25, 0.3) is 0 Å². The van der Waals surface area contributed by atoms with Gasteiger partial charge in [0.15, 0.2) is 0 Å². The van der Waals surface area contributed by atoms with Gasteiger partial charge in [0.05, 0.1) is 0 Å². The van der Waals surface area contributed by atoms with Crippen LogP contribution in [0.25, 0.3) is 0 Å². The van der Waals surface area contributed by atoms with Crippen LogP contribution in [-0.2, 0) is 0 Å². The first-order valence-electron chi connectivity index (χ1n) is 5.07. The zero-order valence-electron chi connectivity index (χ0n) is 9.50. The number of aliphatic hydroxyl groups is 1. The standard InChI is InChI=1S/C12H18ClNO/c1-12(2,8-9-15)14(3)11-6-4-10(13)5-7-11/h4-7,15H,8-9H2,1-3H3. The average molecular weight is 228 g/mol. The van der Waals surface area contributed by atoms with E-state index in [9.17, 15) is 0 Å². The van der Waals surface area contributed by atoms with E-state index in [1.54, 1.807) is 0 Å². The van der Waals surface area contributed by atoms with E-state index in [4.69, 9.17) is 16.7 Å². The Morgan fingerprint density at radius 3 is 2.27 bits per heavy atom. The van der Waals surface area contributed by atoms with Gasteiger partial charge in [0, 0.05) is 29.9 Å². The van der Waals surface area contributed by atoms with Crippen molar-refractivity contribution in [2.45, 2.75) is 25.8 Å². The van der Waals surface area contributed by atoms with Crippen LogP contribution in [0, 0.1) is 0 Å². The molecule has 0 aliphatic carbocycles. The van der Waals surface area contributed by atoms with Gasteiger partial charge in [0.2, 0.25) is 0 Å². The van der Waals surface area contributed by atoms with Crippen LogP contribution in [-0.4, -0.2) is 24.3 Å². The van der Waals surface area contributed by atoms with E-state index >= 15 is 0 Å². The first-order valence-corrected chi connectivity index (χ1v) is 5.45. The summed E-state index contributed by atoms with van der Waals surface area (Å²) >= 11 is 5.83. The SMILES string of the molecule is CN(c1ccc(Cl)cc1)C(C)(C)CCO. The molecule has 0 radical (unpaired) electrons. The number of hydrogen-bond donors (Lipinski definition) is 1. The molecule has 0 unspecified atom stereocenters.